The van der Waals surface area contributed by atoms with Crippen molar-refractivity contribution in [3.8, 4) is 0 Å². The minimum absolute atomic E-state index is 0.0245. The molecule has 0 unspecified atom stereocenters. The molecule has 140 valence electrons. The molecule has 0 aliphatic heterocycles. The van der Waals surface area contributed by atoms with E-state index >= 15 is 0 Å². The lowest BCUT2D eigenvalue weighted by molar-refractivity contribution is -0.138. The zero-order chi connectivity index (χ0) is 19.2. The van der Waals surface area contributed by atoms with Gasteiger partial charge in [-0.05, 0) is 35.6 Å². The molecule has 0 saturated carbocycles. The van der Waals surface area contributed by atoms with Crippen molar-refractivity contribution in [2.75, 3.05) is 18.3 Å². The fourth-order valence-electron chi connectivity index (χ4n) is 2.21. The van der Waals surface area contributed by atoms with Gasteiger partial charge < -0.3 is 10.0 Å². The normalized spacial score (nSPS) is 11.1. The van der Waals surface area contributed by atoms with Crippen molar-refractivity contribution in [1.29, 1.82) is 0 Å². The summed E-state index contributed by atoms with van der Waals surface area (Å²) < 4.78 is 27.0. The fourth-order valence-corrected chi connectivity index (χ4v) is 4.27. The van der Waals surface area contributed by atoms with Crippen molar-refractivity contribution in [1.82, 2.24) is 4.90 Å². The highest BCUT2D eigenvalue weighted by Gasteiger charge is 2.15. The topological polar surface area (TPSA) is 104 Å². The van der Waals surface area contributed by atoms with Gasteiger partial charge in [-0.2, -0.15) is 0 Å². The van der Waals surface area contributed by atoms with Gasteiger partial charge in [-0.15, -0.1) is 11.3 Å². The van der Waals surface area contributed by atoms with Crippen LogP contribution < -0.4 is 4.72 Å². The second-order valence-corrected chi connectivity index (χ2v) is 8.58. The van der Waals surface area contributed by atoms with Gasteiger partial charge in [0, 0.05) is 25.7 Å². The summed E-state index contributed by atoms with van der Waals surface area (Å²) in [5.41, 5.74) is 1.17. The van der Waals surface area contributed by atoms with Crippen molar-refractivity contribution < 1.29 is 23.1 Å². The molecule has 1 aromatic heterocycles. The van der Waals surface area contributed by atoms with E-state index in [1.54, 1.807) is 42.8 Å². The standard InChI is InChI=1S/C17H20N2O5S2/c1-19(10-2-4-16(21)22)15(20)12-13-6-8-14(9-7-13)18-26(23,24)17-5-3-11-25-17/h3,5-9,11,18H,2,4,10,12H2,1H3,(H,21,22). The second-order valence-electron chi connectivity index (χ2n) is 5.72. The van der Waals surface area contributed by atoms with Crippen LogP contribution in [0.2, 0.25) is 0 Å². The van der Waals surface area contributed by atoms with Gasteiger partial charge in [0.25, 0.3) is 10.0 Å². The summed E-state index contributed by atoms with van der Waals surface area (Å²) in [5, 5.41) is 10.3. The van der Waals surface area contributed by atoms with E-state index in [4.69, 9.17) is 5.11 Å². The molecule has 0 saturated heterocycles. The van der Waals surface area contributed by atoms with Crippen molar-refractivity contribution in [3.05, 3.63) is 47.3 Å². The molecule has 0 bridgehead atoms. The number of nitrogens with one attached hydrogen (secondary N) is 1. The number of benzene rings is 1. The second kappa shape index (κ2) is 8.81. The average molecular weight is 396 g/mol. The van der Waals surface area contributed by atoms with Crippen LogP contribution in [-0.4, -0.2) is 43.9 Å². The van der Waals surface area contributed by atoms with Gasteiger partial charge in [0.05, 0.1) is 6.42 Å². The molecule has 2 rings (SSSR count). The third-order valence-corrected chi connectivity index (χ3v) is 6.41. The Morgan fingerprint density at radius 1 is 1.19 bits per heavy atom. The molecule has 0 radical (unpaired) electrons. The Labute approximate surface area is 156 Å². The Hall–Kier alpha value is -2.39. The molecular weight excluding hydrogens is 376 g/mol. The molecule has 0 fully saturated rings. The van der Waals surface area contributed by atoms with Crippen LogP contribution in [-0.2, 0) is 26.0 Å². The molecule has 7 nitrogen and oxygen atoms in total. The number of carbonyl (C=O) groups is 2. The maximum atomic E-state index is 12.2. The number of hydrogen-bond donors (Lipinski definition) is 2. The third kappa shape index (κ3) is 5.85. The van der Waals surface area contributed by atoms with Crippen molar-refractivity contribution in [2.45, 2.75) is 23.5 Å². The minimum atomic E-state index is -3.59. The Kier molecular flexibility index (Phi) is 6.76. The van der Waals surface area contributed by atoms with Gasteiger partial charge in [-0.3, -0.25) is 14.3 Å². The molecular formula is C17H20N2O5S2. The number of rotatable bonds is 9. The number of aliphatic carboxylic acids is 1. The van der Waals surface area contributed by atoms with Crippen LogP contribution in [0.1, 0.15) is 18.4 Å². The lowest BCUT2D eigenvalue weighted by Crippen LogP contribution is -2.29. The van der Waals surface area contributed by atoms with E-state index in [0.29, 0.717) is 18.7 Å². The predicted molar refractivity (Wildman–Crippen MR) is 99.8 cm³/mol. The third-order valence-electron chi connectivity index (χ3n) is 3.63. The number of amides is 1. The van der Waals surface area contributed by atoms with Gasteiger partial charge in [0.2, 0.25) is 5.91 Å². The first-order chi connectivity index (χ1) is 12.3. The lowest BCUT2D eigenvalue weighted by Gasteiger charge is -2.16. The minimum Gasteiger partial charge on any atom is -0.481 e. The summed E-state index contributed by atoms with van der Waals surface area (Å²) in [7, 11) is -1.96. The van der Waals surface area contributed by atoms with E-state index in [1.165, 1.54) is 11.0 Å². The van der Waals surface area contributed by atoms with Crippen LogP contribution in [0.5, 0.6) is 0 Å². The van der Waals surface area contributed by atoms with E-state index in [2.05, 4.69) is 4.72 Å². The van der Waals surface area contributed by atoms with E-state index in [1.807, 2.05) is 0 Å². The van der Waals surface area contributed by atoms with Crippen molar-refractivity contribution in [2.24, 2.45) is 0 Å². The van der Waals surface area contributed by atoms with Crippen LogP contribution >= 0.6 is 11.3 Å². The summed E-state index contributed by atoms with van der Waals surface area (Å²) in [6.07, 6.45) is 0.596. The van der Waals surface area contributed by atoms with Crippen LogP contribution in [0.15, 0.2) is 46.0 Å². The zero-order valence-corrected chi connectivity index (χ0v) is 15.8. The number of sulfonamides is 1. The number of hydrogen-bond acceptors (Lipinski definition) is 5. The van der Waals surface area contributed by atoms with Crippen molar-refractivity contribution in [3.63, 3.8) is 0 Å². The van der Waals surface area contributed by atoms with E-state index in [9.17, 15) is 18.0 Å². The SMILES string of the molecule is CN(CCCC(=O)O)C(=O)Cc1ccc(NS(=O)(=O)c2cccs2)cc1. The molecule has 1 amide bonds. The van der Waals surface area contributed by atoms with E-state index < -0.39 is 16.0 Å². The predicted octanol–water partition coefficient (Wildman–Crippen LogP) is 2.41. The molecule has 0 atom stereocenters. The first-order valence-electron chi connectivity index (χ1n) is 7.89. The van der Waals surface area contributed by atoms with Gasteiger partial charge in [0.1, 0.15) is 4.21 Å². The van der Waals surface area contributed by atoms with Gasteiger partial charge >= 0.3 is 5.97 Å². The summed E-state index contributed by atoms with van der Waals surface area (Å²) in [5.74, 6) is -1.01. The first-order valence-corrected chi connectivity index (χ1v) is 10.3. The molecule has 0 spiro atoms. The maximum absolute atomic E-state index is 12.2. The first kappa shape index (κ1) is 19.9. The quantitative estimate of drug-likeness (QED) is 0.677. The summed E-state index contributed by atoms with van der Waals surface area (Å²) in [6, 6.07) is 9.79. The van der Waals surface area contributed by atoms with Crippen LogP contribution in [0.4, 0.5) is 5.69 Å². The maximum Gasteiger partial charge on any atom is 0.303 e. The van der Waals surface area contributed by atoms with Gasteiger partial charge in [-0.1, -0.05) is 18.2 Å². The van der Waals surface area contributed by atoms with Crippen LogP contribution in [0.3, 0.4) is 0 Å². The Morgan fingerprint density at radius 2 is 1.88 bits per heavy atom. The highest BCUT2D eigenvalue weighted by atomic mass is 32.2. The number of likely N-dealkylation sites (N-methyl/N-ethyl adjacent to an activating group) is 1. The molecule has 26 heavy (non-hydrogen) atoms. The number of carbonyl (C=O) groups excluding carboxylic acids is 1. The number of thiophene rings is 1. The van der Waals surface area contributed by atoms with Crippen LogP contribution in [0, 0.1) is 0 Å². The number of carboxylic acids is 1. The van der Waals surface area contributed by atoms with Gasteiger partial charge in [0.15, 0.2) is 0 Å². The Bertz CT molecular complexity index is 846. The molecule has 0 aliphatic rings. The van der Waals surface area contributed by atoms with Crippen molar-refractivity contribution >= 4 is 38.9 Å². The van der Waals surface area contributed by atoms with Gasteiger partial charge in [-0.25, -0.2) is 8.42 Å². The number of anilines is 1. The lowest BCUT2D eigenvalue weighted by atomic mass is 10.1. The largest absolute Gasteiger partial charge is 0.481 e. The molecule has 2 N–H and O–H groups in total. The number of carboxylic acid groups (broad SMARTS) is 1. The highest BCUT2D eigenvalue weighted by Crippen LogP contribution is 2.20. The number of nitrogens with zero attached hydrogens (tertiary/aromatic N) is 1. The molecule has 0 aliphatic carbocycles. The van der Waals surface area contributed by atoms with E-state index in [-0.39, 0.29) is 23.0 Å². The Morgan fingerprint density at radius 3 is 2.46 bits per heavy atom. The molecule has 9 heteroatoms. The summed E-state index contributed by atoms with van der Waals surface area (Å²) in [4.78, 5) is 24.1. The summed E-state index contributed by atoms with van der Waals surface area (Å²) >= 11 is 1.13. The molecule has 1 heterocycles. The smallest absolute Gasteiger partial charge is 0.303 e. The zero-order valence-electron chi connectivity index (χ0n) is 14.2. The summed E-state index contributed by atoms with van der Waals surface area (Å²) in [6.45, 7) is 0.379. The molecule has 1 aromatic carbocycles. The average Bonchev–Trinajstić information content (AvgIpc) is 3.11. The monoisotopic (exact) mass is 396 g/mol. The molecule has 2 aromatic rings. The van der Waals surface area contributed by atoms with E-state index in [0.717, 1.165) is 16.9 Å². The van der Waals surface area contributed by atoms with Crippen LogP contribution in [0.25, 0.3) is 0 Å². The fraction of sp³-hybridized carbons (Fsp3) is 0.294. The highest BCUT2D eigenvalue weighted by molar-refractivity contribution is 7.94. The Balaban J connectivity index is 1.91.